The number of hydrogen-bond acceptors (Lipinski definition) is 11. The molecule has 5 N–H and O–H groups in total. The Hall–Kier alpha value is -5.54. The summed E-state index contributed by atoms with van der Waals surface area (Å²) >= 11 is 0. The third-order valence-corrected chi connectivity index (χ3v) is 7.21. The molecule has 4 aromatic carbocycles. The Labute approximate surface area is 245 Å². The Morgan fingerprint density at radius 1 is 0.744 bits per heavy atom. The van der Waals surface area contributed by atoms with Crippen LogP contribution in [0.15, 0.2) is 98.1 Å². The molecule has 4 amide bonds. The second-order valence-corrected chi connectivity index (χ2v) is 10.9. The smallest absolute Gasteiger partial charge is 0.301 e. The van der Waals surface area contributed by atoms with Gasteiger partial charge in [0.15, 0.2) is 0 Å². The highest BCUT2D eigenvalue weighted by Gasteiger charge is 2.34. The summed E-state index contributed by atoms with van der Waals surface area (Å²) < 4.78 is 33.3. The van der Waals surface area contributed by atoms with Crippen LogP contribution in [0.25, 0.3) is 10.8 Å². The zero-order valence-corrected chi connectivity index (χ0v) is 23.5. The number of benzene rings is 4. The van der Waals surface area contributed by atoms with Crippen molar-refractivity contribution in [1.29, 1.82) is 0 Å². The van der Waals surface area contributed by atoms with E-state index in [4.69, 9.17) is 0 Å². The molecule has 218 valence electrons. The van der Waals surface area contributed by atoms with Gasteiger partial charge in [0.05, 0.1) is 33.3 Å². The van der Waals surface area contributed by atoms with Gasteiger partial charge in [0.2, 0.25) is 6.04 Å². The minimum absolute atomic E-state index is 0.194. The fourth-order valence-electron chi connectivity index (χ4n) is 4.11. The van der Waals surface area contributed by atoms with E-state index in [0.717, 1.165) is 16.8 Å². The molecule has 0 unspecified atom stereocenters. The van der Waals surface area contributed by atoms with Crippen LogP contribution < -0.4 is 21.5 Å². The van der Waals surface area contributed by atoms with E-state index in [1.807, 2.05) is 54.8 Å². The summed E-state index contributed by atoms with van der Waals surface area (Å²) in [5, 5.41) is 21.0. The van der Waals surface area contributed by atoms with Crippen LogP contribution >= 0.6 is 0 Å². The van der Waals surface area contributed by atoms with Crippen molar-refractivity contribution in [2.45, 2.75) is 24.8 Å². The lowest BCUT2D eigenvalue weighted by atomic mass is 10.1. The number of urea groups is 1. The van der Waals surface area contributed by atoms with E-state index in [9.17, 15) is 27.4 Å². The van der Waals surface area contributed by atoms with Gasteiger partial charge in [-0.05, 0) is 74.0 Å². The maximum atomic E-state index is 12.0. The van der Waals surface area contributed by atoms with Crippen LogP contribution in [0.5, 0.6) is 0 Å². The summed E-state index contributed by atoms with van der Waals surface area (Å²) in [4.78, 5) is 35.0. The average molecular weight is 601 g/mol. The van der Waals surface area contributed by atoms with E-state index in [-0.39, 0.29) is 10.6 Å². The number of fused-ring (bicyclic) bond motifs is 1. The summed E-state index contributed by atoms with van der Waals surface area (Å²) in [6, 6.07) is 17.5. The van der Waals surface area contributed by atoms with Crippen molar-refractivity contribution in [2.75, 3.05) is 10.9 Å². The number of aryl methyl sites for hydroxylation is 2. The van der Waals surface area contributed by atoms with Crippen molar-refractivity contribution in [1.82, 2.24) is 10.6 Å². The number of barbiturate groups is 1. The van der Waals surface area contributed by atoms with Gasteiger partial charge in [0.25, 0.3) is 21.9 Å². The predicted molar refractivity (Wildman–Crippen MR) is 158 cm³/mol. The molecule has 0 spiro atoms. The van der Waals surface area contributed by atoms with Crippen LogP contribution in [-0.4, -0.2) is 36.9 Å². The van der Waals surface area contributed by atoms with Crippen molar-refractivity contribution in [3.05, 3.63) is 83.9 Å². The molecule has 5 rings (SSSR count). The first-order valence-corrected chi connectivity index (χ1v) is 14.1. The largest absolute Gasteiger partial charge is 0.328 e. The number of azo groups is 2. The van der Waals surface area contributed by atoms with Crippen molar-refractivity contribution in [3.63, 3.8) is 0 Å². The van der Waals surface area contributed by atoms with Gasteiger partial charge in [-0.3, -0.25) is 24.8 Å². The maximum Gasteiger partial charge on any atom is 0.328 e. The van der Waals surface area contributed by atoms with Crippen molar-refractivity contribution in [2.24, 2.45) is 20.5 Å². The number of anilines is 2. The van der Waals surface area contributed by atoms with E-state index < -0.39 is 34.0 Å². The Balaban J connectivity index is 1.40. The molecule has 4 aromatic rings. The lowest BCUT2D eigenvalue weighted by Crippen LogP contribution is -2.57. The third-order valence-electron chi connectivity index (χ3n) is 6.36. The van der Waals surface area contributed by atoms with Gasteiger partial charge in [0, 0.05) is 10.8 Å². The fourth-order valence-corrected chi connectivity index (χ4v) is 4.62. The lowest BCUT2D eigenvalue weighted by molar-refractivity contribution is -0.131. The first kappa shape index (κ1) is 29.0. The van der Waals surface area contributed by atoms with Crippen molar-refractivity contribution >= 4 is 67.2 Å². The Morgan fingerprint density at radius 2 is 1.44 bits per heavy atom. The summed E-state index contributed by atoms with van der Waals surface area (Å²) in [6.07, 6.45) is 0. The fraction of sp³-hybridized carbons (Fsp3) is 0.107. The number of amides is 4. The van der Waals surface area contributed by atoms with E-state index in [0.29, 0.717) is 27.8 Å². The molecule has 1 aliphatic heterocycles. The molecule has 0 aliphatic carbocycles. The van der Waals surface area contributed by atoms with E-state index in [1.165, 1.54) is 24.3 Å². The predicted octanol–water partition coefficient (Wildman–Crippen LogP) is 5.38. The third kappa shape index (κ3) is 6.69. The molecule has 0 radical (unpaired) electrons. The van der Waals surface area contributed by atoms with Gasteiger partial charge in [-0.2, -0.15) is 28.9 Å². The summed E-state index contributed by atoms with van der Waals surface area (Å²) in [5.41, 5.74) is 10.7. The highest BCUT2D eigenvalue weighted by molar-refractivity contribution is 7.85. The molecule has 15 heteroatoms. The number of nitrogens with one attached hydrogen (secondary N) is 4. The number of nitrogens with zero attached hydrogens (tertiary/aromatic N) is 4. The summed E-state index contributed by atoms with van der Waals surface area (Å²) in [5.74, 6) is -1.87. The number of rotatable bonds is 8. The first-order valence-electron chi connectivity index (χ1n) is 12.7. The van der Waals surface area contributed by atoms with Crippen LogP contribution in [-0.2, 0) is 19.7 Å². The van der Waals surface area contributed by atoms with E-state index in [1.54, 1.807) is 18.2 Å². The number of hydrogen-bond donors (Lipinski definition) is 5. The van der Waals surface area contributed by atoms with E-state index >= 15 is 0 Å². The lowest BCUT2D eigenvalue weighted by Gasteiger charge is -2.16. The quantitative estimate of drug-likeness (QED) is 0.0767. The number of hydrazine groups is 1. The zero-order valence-electron chi connectivity index (χ0n) is 22.7. The molecule has 0 bridgehead atoms. The SMILES string of the molecule is Cc1ccc(N=Nc2ccc(NNc3ccc(N=NC4C(=O)NC(=O)NC4=O)c4ccc(S(=O)(=O)O)cc34)cc2C)cc1. The Kier molecular flexibility index (Phi) is 7.92. The standard InChI is InChI=1S/C28H24N8O6S/c1-15-3-5-17(6-4-15)31-33-22-10-7-18(13-16(22)2)32-34-24-12-11-23(20-9-8-19(14-21(20)24)43(40,41)42)35-36-25-26(37)29-28(39)30-27(25)38/h3-14,25,32,34H,1-2H3,(H,40,41,42)(H2,29,30,37,38,39). The van der Waals surface area contributed by atoms with Gasteiger partial charge in [-0.1, -0.05) is 23.8 Å². The topological polar surface area (TPSA) is 203 Å². The molecule has 1 saturated heterocycles. The monoisotopic (exact) mass is 600 g/mol. The summed E-state index contributed by atoms with van der Waals surface area (Å²) in [6.45, 7) is 3.87. The van der Waals surface area contributed by atoms with Crippen LogP contribution in [0.4, 0.5) is 33.2 Å². The zero-order chi connectivity index (χ0) is 30.7. The molecule has 14 nitrogen and oxygen atoms in total. The minimum Gasteiger partial charge on any atom is -0.301 e. The van der Waals surface area contributed by atoms with Crippen LogP contribution in [0.1, 0.15) is 11.1 Å². The number of imide groups is 2. The molecule has 1 heterocycles. The minimum atomic E-state index is -4.54. The molecule has 0 saturated carbocycles. The van der Waals surface area contributed by atoms with Gasteiger partial charge in [0.1, 0.15) is 0 Å². The van der Waals surface area contributed by atoms with Crippen molar-refractivity contribution in [3.8, 4) is 0 Å². The molecule has 1 aliphatic rings. The van der Waals surface area contributed by atoms with Crippen LogP contribution in [0, 0.1) is 13.8 Å². The van der Waals surface area contributed by atoms with Gasteiger partial charge >= 0.3 is 6.03 Å². The molecule has 0 aromatic heterocycles. The Bertz CT molecular complexity index is 1920. The molecule has 0 atom stereocenters. The molecule has 1 fully saturated rings. The van der Waals surface area contributed by atoms with Crippen LogP contribution in [0.3, 0.4) is 0 Å². The summed E-state index contributed by atoms with van der Waals surface area (Å²) in [7, 11) is -4.54. The highest BCUT2D eigenvalue weighted by atomic mass is 32.2. The molecular formula is C28H24N8O6S. The number of carbonyl (C=O) groups is 3. The first-order chi connectivity index (χ1) is 20.5. The average Bonchev–Trinajstić information content (AvgIpc) is 2.95. The second-order valence-electron chi connectivity index (χ2n) is 9.53. The Morgan fingerprint density at radius 3 is 2.12 bits per heavy atom. The molecular weight excluding hydrogens is 576 g/mol. The van der Waals surface area contributed by atoms with Gasteiger partial charge < -0.3 is 10.9 Å². The van der Waals surface area contributed by atoms with Gasteiger partial charge in [-0.15, -0.1) is 0 Å². The molecule has 43 heavy (non-hydrogen) atoms. The van der Waals surface area contributed by atoms with Crippen molar-refractivity contribution < 1.29 is 27.4 Å². The van der Waals surface area contributed by atoms with Crippen LogP contribution in [0.2, 0.25) is 0 Å². The normalized spacial score (nSPS) is 14.3. The number of carbonyl (C=O) groups excluding carboxylic acids is 3. The van der Waals surface area contributed by atoms with Gasteiger partial charge in [-0.25, -0.2) is 4.79 Å². The van der Waals surface area contributed by atoms with E-state index in [2.05, 4.69) is 31.3 Å². The highest BCUT2D eigenvalue weighted by Crippen LogP contribution is 2.34. The maximum absolute atomic E-state index is 12.0. The second kappa shape index (κ2) is 11.8.